The number of hydrazine groups is 1. The van der Waals surface area contributed by atoms with Gasteiger partial charge in [-0.2, -0.15) is 0 Å². The Morgan fingerprint density at radius 2 is 2.00 bits per heavy atom. The summed E-state index contributed by atoms with van der Waals surface area (Å²) in [6, 6.07) is 9.07. The zero-order valence-electron chi connectivity index (χ0n) is 13.5. The van der Waals surface area contributed by atoms with Gasteiger partial charge in [-0.25, -0.2) is 10.4 Å². The number of carbonyl (C=O) groups excluding carboxylic acids is 1. The molecule has 1 aromatic carbocycles. The Hall–Kier alpha value is -1.91. The number of benzene rings is 1. The highest BCUT2D eigenvalue weighted by Crippen LogP contribution is 2.13. The Labute approximate surface area is 132 Å². The average molecular weight is 298 g/mol. The number of rotatable bonds is 7. The summed E-state index contributed by atoms with van der Waals surface area (Å²) in [6.45, 7) is 11.3. The van der Waals surface area contributed by atoms with Crippen molar-refractivity contribution in [2.75, 3.05) is 6.54 Å². The number of aryl methyl sites for hydroxylation is 1. The average Bonchev–Trinajstić information content (AvgIpc) is 2.86. The molecule has 0 bridgehead atoms. The highest BCUT2D eigenvalue weighted by molar-refractivity contribution is 5.99. The van der Waals surface area contributed by atoms with Crippen LogP contribution in [-0.4, -0.2) is 28.4 Å². The third kappa shape index (κ3) is 3.84. The summed E-state index contributed by atoms with van der Waals surface area (Å²) < 4.78 is 0. The van der Waals surface area contributed by atoms with E-state index in [0.29, 0.717) is 13.1 Å². The molecule has 1 aromatic heterocycles. The molecule has 0 fully saturated rings. The van der Waals surface area contributed by atoms with Crippen molar-refractivity contribution >= 4 is 5.78 Å². The first kappa shape index (κ1) is 16.5. The van der Waals surface area contributed by atoms with Crippen molar-refractivity contribution in [3.05, 3.63) is 65.8 Å². The second-order valence-corrected chi connectivity index (χ2v) is 5.57. The van der Waals surface area contributed by atoms with Crippen molar-refractivity contribution in [1.82, 2.24) is 15.4 Å². The lowest BCUT2D eigenvalue weighted by Crippen LogP contribution is -2.46. The minimum atomic E-state index is -0.288. The molecular weight excluding hydrogens is 274 g/mol. The van der Waals surface area contributed by atoms with Crippen molar-refractivity contribution in [2.24, 2.45) is 0 Å². The summed E-state index contributed by atoms with van der Waals surface area (Å²) in [7, 11) is 0. The molecule has 117 valence electrons. The standard InChI is InChI=1S/C18H24N3O/c1-5-21(12-17-11-19-14(3)13(17)2)20-15(4)18(22)16-9-7-6-8-10-16/h6-11,15,19-20H,1,5,12H2,2-4H3. The van der Waals surface area contributed by atoms with Crippen LogP contribution in [0.2, 0.25) is 0 Å². The number of nitrogens with zero attached hydrogens (tertiary/aromatic N) is 1. The Balaban J connectivity index is 2.00. The number of Topliss-reactive ketones (excluding diaryl/α,β-unsaturated/α-hetero) is 1. The summed E-state index contributed by atoms with van der Waals surface area (Å²) in [6.07, 6.45) is 2.01. The van der Waals surface area contributed by atoms with Gasteiger partial charge in [0, 0.05) is 30.5 Å². The van der Waals surface area contributed by atoms with Crippen LogP contribution in [0.5, 0.6) is 0 Å². The minimum absolute atomic E-state index is 0.0843. The first-order valence-corrected chi connectivity index (χ1v) is 7.56. The van der Waals surface area contributed by atoms with Gasteiger partial charge in [-0.05, 0) is 38.8 Å². The van der Waals surface area contributed by atoms with E-state index in [9.17, 15) is 4.79 Å². The van der Waals surface area contributed by atoms with E-state index in [1.807, 2.05) is 48.5 Å². The number of hydrogen-bond donors (Lipinski definition) is 2. The molecular formula is C18H24N3O. The van der Waals surface area contributed by atoms with Crippen LogP contribution in [0.25, 0.3) is 0 Å². The monoisotopic (exact) mass is 298 g/mol. The summed E-state index contributed by atoms with van der Waals surface area (Å²) in [5.41, 5.74) is 7.62. The van der Waals surface area contributed by atoms with Crippen LogP contribution in [0.4, 0.5) is 0 Å². The van der Waals surface area contributed by atoms with Crippen LogP contribution in [0, 0.1) is 20.8 Å². The third-order valence-electron chi connectivity index (χ3n) is 3.97. The van der Waals surface area contributed by atoms with E-state index in [2.05, 4.69) is 31.2 Å². The van der Waals surface area contributed by atoms with E-state index in [4.69, 9.17) is 0 Å². The zero-order valence-corrected chi connectivity index (χ0v) is 13.5. The van der Waals surface area contributed by atoms with Gasteiger partial charge in [0.15, 0.2) is 5.78 Å². The lowest BCUT2D eigenvalue weighted by atomic mass is 10.1. The Morgan fingerprint density at radius 3 is 2.55 bits per heavy atom. The molecule has 0 aliphatic rings. The van der Waals surface area contributed by atoms with Crippen LogP contribution in [0.15, 0.2) is 36.5 Å². The quantitative estimate of drug-likeness (QED) is 0.610. The van der Waals surface area contributed by atoms with Crippen molar-refractivity contribution < 1.29 is 4.79 Å². The summed E-state index contributed by atoms with van der Waals surface area (Å²) in [5.74, 6) is 0.0843. The molecule has 0 aliphatic heterocycles. The fourth-order valence-electron chi connectivity index (χ4n) is 2.40. The second kappa shape index (κ2) is 7.38. The molecule has 0 amide bonds. The number of carbonyl (C=O) groups is 1. The number of aromatic amines is 1. The first-order valence-electron chi connectivity index (χ1n) is 7.56. The van der Waals surface area contributed by atoms with Crippen LogP contribution < -0.4 is 5.43 Å². The van der Waals surface area contributed by atoms with Crippen LogP contribution >= 0.6 is 0 Å². The first-order chi connectivity index (χ1) is 10.5. The molecule has 1 radical (unpaired) electrons. The predicted octanol–water partition coefficient (Wildman–Crippen LogP) is 3.04. The molecule has 0 spiro atoms. The van der Waals surface area contributed by atoms with E-state index in [-0.39, 0.29) is 11.8 Å². The number of hydrogen-bond acceptors (Lipinski definition) is 3. The van der Waals surface area contributed by atoms with Crippen molar-refractivity contribution in [3.8, 4) is 0 Å². The molecule has 0 saturated carbocycles. The van der Waals surface area contributed by atoms with Gasteiger partial charge in [-0.15, -0.1) is 0 Å². The number of nitrogens with one attached hydrogen (secondary N) is 2. The van der Waals surface area contributed by atoms with Crippen LogP contribution in [-0.2, 0) is 6.54 Å². The van der Waals surface area contributed by atoms with Gasteiger partial charge < -0.3 is 4.98 Å². The molecule has 4 nitrogen and oxygen atoms in total. The molecule has 2 rings (SSSR count). The maximum absolute atomic E-state index is 12.4. The van der Waals surface area contributed by atoms with Crippen molar-refractivity contribution in [2.45, 2.75) is 33.4 Å². The van der Waals surface area contributed by atoms with Crippen molar-refractivity contribution in [1.29, 1.82) is 0 Å². The molecule has 1 heterocycles. The summed E-state index contributed by atoms with van der Waals surface area (Å²) in [4.78, 5) is 15.6. The van der Waals surface area contributed by atoms with Crippen LogP contribution in [0.1, 0.15) is 34.1 Å². The van der Waals surface area contributed by atoms with Gasteiger partial charge in [-0.1, -0.05) is 30.3 Å². The van der Waals surface area contributed by atoms with E-state index in [0.717, 1.165) is 5.56 Å². The topological polar surface area (TPSA) is 48.1 Å². The van der Waals surface area contributed by atoms with Gasteiger partial charge in [0.1, 0.15) is 0 Å². The highest BCUT2D eigenvalue weighted by atomic mass is 16.1. The van der Waals surface area contributed by atoms with Gasteiger partial charge in [0.2, 0.25) is 0 Å². The minimum Gasteiger partial charge on any atom is -0.365 e. The Kier molecular flexibility index (Phi) is 5.52. The number of H-pyrrole nitrogens is 1. The van der Waals surface area contributed by atoms with E-state index < -0.39 is 0 Å². The normalized spacial score (nSPS) is 12.6. The van der Waals surface area contributed by atoms with Crippen LogP contribution in [0.3, 0.4) is 0 Å². The van der Waals surface area contributed by atoms with E-state index in [1.165, 1.54) is 16.8 Å². The Bertz CT molecular complexity index is 619. The van der Waals surface area contributed by atoms with Gasteiger partial charge in [0.25, 0.3) is 0 Å². The van der Waals surface area contributed by atoms with Gasteiger partial charge in [-0.3, -0.25) is 4.79 Å². The molecule has 2 aromatic rings. The van der Waals surface area contributed by atoms with Gasteiger partial charge in [0.05, 0.1) is 6.04 Å². The number of ketones is 1. The molecule has 22 heavy (non-hydrogen) atoms. The fourth-order valence-corrected chi connectivity index (χ4v) is 2.40. The van der Waals surface area contributed by atoms with E-state index >= 15 is 0 Å². The third-order valence-corrected chi connectivity index (χ3v) is 3.97. The fraction of sp³-hybridized carbons (Fsp3) is 0.333. The lowest BCUT2D eigenvalue weighted by molar-refractivity contribution is 0.0863. The number of aromatic nitrogens is 1. The molecule has 0 aliphatic carbocycles. The van der Waals surface area contributed by atoms with Gasteiger partial charge >= 0.3 is 0 Å². The SMILES string of the molecule is [CH2]CN(Cc1c[nH]c(C)c1C)NC(C)C(=O)c1ccccc1. The highest BCUT2D eigenvalue weighted by Gasteiger charge is 2.18. The molecule has 0 saturated heterocycles. The summed E-state index contributed by atoms with van der Waals surface area (Å²) in [5, 5.41) is 1.97. The zero-order chi connectivity index (χ0) is 16.1. The smallest absolute Gasteiger partial charge is 0.180 e. The maximum atomic E-state index is 12.4. The molecule has 2 N–H and O–H groups in total. The maximum Gasteiger partial charge on any atom is 0.180 e. The molecule has 1 atom stereocenters. The predicted molar refractivity (Wildman–Crippen MR) is 89.4 cm³/mol. The van der Waals surface area contributed by atoms with E-state index in [1.54, 1.807) is 0 Å². The molecule has 1 unspecified atom stereocenters. The largest absolute Gasteiger partial charge is 0.365 e. The second-order valence-electron chi connectivity index (χ2n) is 5.57. The molecule has 4 heteroatoms. The Morgan fingerprint density at radius 1 is 1.32 bits per heavy atom. The lowest BCUT2D eigenvalue weighted by Gasteiger charge is -2.25. The van der Waals surface area contributed by atoms with Crippen molar-refractivity contribution in [3.63, 3.8) is 0 Å². The summed E-state index contributed by atoms with van der Waals surface area (Å²) >= 11 is 0.